The number of aromatic hydroxyl groups is 1. The second-order valence-electron chi connectivity index (χ2n) is 7.01. The largest absolute Gasteiger partial charge is 0.494 e. The van der Waals surface area contributed by atoms with E-state index in [4.69, 9.17) is 5.41 Å². The Labute approximate surface area is 167 Å². The number of fused-ring (bicyclic) bond motifs is 2. The van der Waals surface area contributed by atoms with Crippen LogP contribution in [0, 0.1) is 16.7 Å². The fraction of sp³-hybridized carbons (Fsp3) is 0.136. The van der Waals surface area contributed by atoms with Gasteiger partial charge in [0.2, 0.25) is 5.88 Å². The number of benzene rings is 2. The first-order valence-electron chi connectivity index (χ1n) is 8.79. The second-order valence-corrected chi connectivity index (χ2v) is 7.53. The average Bonchev–Trinajstić information content (AvgIpc) is 3.00. The van der Waals surface area contributed by atoms with E-state index >= 15 is 0 Å². The van der Waals surface area contributed by atoms with Crippen molar-refractivity contribution in [2.45, 2.75) is 24.8 Å². The Morgan fingerprint density at radius 1 is 1.11 bits per heavy atom. The Kier molecular flexibility index (Phi) is 4.13. The number of aromatic nitrogens is 1. The molecule has 1 aliphatic carbocycles. The molecule has 0 atom stereocenters. The Balaban J connectivity index is 2.08. The van der Waals surface area contributed by atoms with Gasteiger partial charge < -0.3 is 9.67 Å². The highest BCUT2D eigenvalue weighted by molar-refractivity contribution is 7.80. The van der Waals surface area contributed by atoms with Crippen LogP contribution >= 0.6 is 12.6 Å². The Bertz CT molecular complexity index is 1200. The summed E-state index contributed by atoms with van der Waals surface area (Å²) >= 11 is 4.32. The maximum Gasteiger partial charge on any atom is 0.202 e. The molecular weight excluding hydrogens is 370 g/mol. The van der Waals surface area contributed by atoms with Crippen molar-refractivity contribution in [3.63, 3.8) is 0 Å². The molecule has 0 amide bonds. The maximum absolute atomic E-state index is 13.4. The predicted molar refractivity (Wildman–Crippen MR) is 110 cm³/mol. The van der Waals surface area contributed by atoms with E-state index in [1.807, 2.05) is 44.2 Å². The van der Waals surface area contributed by atoms with Gasteiger partial charge in [0.25, 0.3) is 0 Å². The lowest BCUT2D eigenvalue weighted by Gasteiger charge is -2.18. The SMILES string of the molecule is CC(C)n1c(O)c2c(c1-c1ccc(S)cc1)C(=O)c1cc(C#N)ccc1C2=N. The van der Waals surface area contributed by atoms with Crippen LogP contribution in [0.1, 0.15) is 52.5 Å². The van der Waals surface area contributed by atoms with E-state index < -0.39 is 0 Å². The lowest BCUT2D eigenvalue weighted by molar-refractivity contribution is 0.103. The van der Waals surface area contributed by atoms with E-state index in [9.17, 15) is 15.2 Å². The van der Waals surface area contributed by atoms with Gasteiger partial charge >= 0.3 is 0 Å². The van der Waals surface area contributed by atoms with Crippen molar-refractivity contribution in [3.8, 4) is 23.2 Å². The molecule has 138 valence electrons. The minimum absolute atomic E-state index is 0.0815. The van der Waals surface area contributed by atoms with Crippen molar-refractivity contribution in [2.75, 3.05) is 0 Å². The molecule has 0 unspecified atom stereocenters. The van der Waals surface area contributed by atoms with Gasteiger partial charge in [-0.1, -0.05) is 18.2 Å². The van der Waals surface area contributed by atoms with Gasteiger partial charge in [-0.15, -0.1) is 12.6 Å². The van der Waals surface area contributed by atoms with E-state index in [0.29, 0.717) is 27.9 Å². The number of nitrogens with one attached hydrogen (secondary N) is 1. The van der Waals surface area contributed by atoms with Crippen LogP contribution in [-0.4, -0.2) is 21.2 Å². The van der Waals surface area contributed by atoms with E-state index in [1.165, 1.54) is 6.07 Å². The summed E-state index contributed by atoms with van der Waals surface area (Å²) in [5, 5.41) is 28.8. The van der Waals surface area contributed by atoms with Crippen LogP contribution in [0.15, 0.2) is 47.4 Å². The molecule has 0 radical (unpaired) electrons. The van der Waals surface area contributed by atoms with Gasteiger partial charge in [-0.2, -0.15) is 5.26 Å². The summed E-state index contributed by atoms with van der Waals surface area (Å²) in [6.45, 7) is 3.83. The molecule has 5 nitrogen and oxygen atoms in total. The molecule has 0 saturated carbocycles. The average molecular weight is 387 g/mol. The van der Waals surface area contributed by atoms with Gasteiger partial charge in [-0.05, 0) is 43.7 Å². The minimum atomic E-state index is -0.294. The van der Waals surface area contributed by atoms with E-state index in [-0.39, 0.29) is 29.0 Å². The van der Waals surface area contributed by atoms with Crippen LogP contribution < -0.4 is 0 Å². The van der Waals surface area contributed by atoms with Crippen molar-refractivity contribution in [2.24, 2.45) is 0 Å². The maximum atomic E-state index is 13.4. The number of nitriles is 1. The highest BCUT2D eigenvalue weighted by Gasteiger charge is 2.37. The fourth-order valence-corrected chi connectivity index (χ4v) is 3.88. The molecule has 4 rings (SSSR count). The Morgan fingerprint density at radius 3 is 2.39 bits per heavy atom. The topological polar surface area (TPSA) is 89.9 Å². The second kappa shape index (κ2) is 6.39. The molecule has 1 heterocycles. The van der Waals surface area contributed by atoms with Crippen LogP contribution in [0.4, 0.5) is 0 Å². The number of nitrogens with zero attached hydrogens (tertiary/aromatic N) is 2. The number of carbonyl (C=O) groups excluding carboxylic acids is 1. The van der Waals surface area contributed by atoms with Gasteiger partial charge in [0.15, 0.2) is 5.78 Å². The standard InChI is InChI=1S/C22H17N3O2S/c1-11(2)25-20(13-4-6-14(28)7-5-13)18-17(22(25)27)19(24)15-8-3-12(10-23)9-16(15)21(18)26/h3-9,11,24,27-28H,1-2H3. The molecule has 0 saturated heterocycles. The number of hydrogen-bond acceptors (Lipinski definition) is 5. The fourth-order valence-electron chi connectivity index (χ4n) is 3.73. The molecule has 3 aromatic rings. The zero-order valence-electron chi connectivity index (χ0n) is 15.3. The number of carbonyl (C=O) groups is 1. The highest BCUT2D eigenvalue weighted by Crippen LogP contribution is 2.43. The van der Waals surface area contributed by atoms with Gasteiger partial charge in [-0.25, -0.2) is 0 Å². The monoisotopic (exact) mass is 387 g/mol. The summed E-state index contributed by atoms with van der Waals surface area (Å²) in [4.78, 5) is 14.2. The molecule has 1 aromatic heterocycles. The lowest BCUT2D eigenvalue weighted by atomic mass is 9.83. The minimum Gasteiger partial charge on any atom is -0.494 e. The molecular formula is C22H17N3O2S. The zero-order valence-corrected chi connectivity index (χ0v) is 16.2. The molecule has 28 heavy (non-hydrogen) atoms. The third kappa shape index (κ3) is 2.48. The first-order chi connectivity index (χ1) is 13.3. The third-order valence-corrected chi connectivity index (χ3v) is 5.27. The van der Waals surface area contributed by atoms with Crippen molar-refractivity contribution in [1.29, 1.82) is 10.7 Å². The first-order valence-corrected chi connectivity index (χ1v) is 9.24. The molecule has 2 aromatic carbocycles. The smallest absolute Gasteiger partial charge is 0.202 e. The molecule has 6 heteroatoms. The van der Waals surface area contributed by atoms with Crippen molar-refractivity contribution >= 4 is 24.1 Å². The summed E-state index contributed by atoms with van der Waals surface area (Å²) in [5.41, 5.74) is 3.03. The van der Waals surface area contributed by atoms with E-state index in [0.717, 1.165) is 10.5 Å². The van der Waals surface area contributed by atoms with Gasteiger partial charge in [0.1, 0.15) is 0 Å². The predicted octanol–water partition coefficient (Wildman–Crippen LogP) is 4.56. The summed E-state index contributed by atoms with van der Waals surface area (Å²) < 4.78 is 1.68. The van der Waals surface area contributed by atoms with Crippen LogP contribution in [0.3, 0.4) is 0 Å². The Hall–Kier alpha value is -3.30. The molecule has 0 aliphatic heterocycles. The van der Waals surface area contributed by atoms with E-state index in [1.54, 1.807) is 16.7 Å². The Morgan fingerprint density at radius 2 is 1.79 bits per heavy atom. The van der Waals surface area contributed by atoms with Gasteiger partial charge in [0.05, 0.1) is 34.2 Å². The molecule has 0 fully saturated rings. The molecule has 2 N–H and O–H groups in total. The van der Waals surface area contributed by atoms with Crippen molar-refractivity contribution < 1.29 is 9.90 Å². The zero-order chi connectivity index (χ0) is 20.2. The molecule has 0 bridgehead atoms. The van der Waals surface area contributed by atoms with Crippen LogP contribution in [-0.2, 0) is 0 Å². The number of thiol groups is 1. The van der Waals surface area contributed by atoms with E-state index in [2.05, 4.69) is 12.6 Å². The summed E-state index contributed by atoms with van der Waals surface area (Å²) in [6, 6.07) is 13.9. The normalized spacial score (nSPS) is 12.7. The number of rotatable bonds is 2. The van der Waals surface area contributed by atoms with Crippen molar-refractivity contribution in [3.05, 3.63) is 70.3 Å². The third-order valence-electron chi connectivity index (χ3n) is 4.98. The summed E-state index contributed by atoms with van der Waals surface area (Å²) in [5.74, 6) is -0.388. The van der Waals surface area contributed by atoms with Gasteiger partial charge in [0, 0.05) is 22.1 Å². The van der Waals surface area contributed by atoms with Gasteiger partial charge in [-0.3, -0.25) is 10.2 Å². The summed E-state index contributed by atoms with van der Waals surface area (Å²) in [6.07, 6.45) is 0. The van der Waals surface area contributed by atoms with Crippen LogP contribution in [0.5, 0.6) is 5.88 Å². The molecule has 0 spiro atoms. The number of ketones is 1. The highest BCUT2D eigenvalue weighted by atomic mass is 32.1. The molecule has 1 aliphatic rings. The quantitative estimate of drug-likeness (QED) is 0.440. The van der Waals surface area contributed by atoms with Crippen LogP contribution in [0.25, 0.3) is 11.3 Å². The number of hydrogen-bond donors (Lipinski definition) is 3. The summed E-state index contributed by atoms with van der Waals surface area (Å²) in [7, 11) is 0. The van der Waals surface area contributed by atoms with Crippen LogP contribution in [0.2, 0.25) is 0 Å². The first kappa shape index (κ1) is 18.1. The van der Waals surface area contributed by atoms with Crippen molar-refractivity contribution in [1.82, 2.24) is 4.57 Å². The lowest BCUT2D eigenvalue weighted by Crippen LogP contribution is -2.20.